The molecule has 1 aliphatic carbocycles. The van der Waals surface area contributed by atoms with Gasteiger partial charge in [-0.05, 0) is 47.0 Å². The van der Waals surface area contributed by atoms with Crippen molar-refractivity contribution in [2.24, 2.45) is 17.8 Å². The minimum atomic E-state index is -0.642. The Morgan fingerprint density at radius 1 is 1.08 bits per heavy atom. The molecule has 2 aliphatic rings. The van der Waals surface area contributed by atoms with E-state index in [1.165, 1.54) is 0 Å². The maximum absolute atomic E-state index is 12.5. The molecule has 0 aromatic rings. The average Bonchev–Trinajstić information content (AvgIpc) is 2.32. The minimum Gasteiger partial charge on any atom is -0.459 e. The summed E-state index contributed by atoms with van der Waals surface area (Å²) in [7, 11) is 0. The molecule has 0 aromatic heterocycles. The Bertz CT molecular complexity index is 543. The van der Waals surface area contributed by atoms with Gasteiger partial charge in [0.15, 0.2) is 0 Å². The highest BCUT2D eigenvalue weighted by atomic mass is 16.6. The molecule has 1 heterocycles. The number of ketones is 1. The number of Topliss-reactive ketones (excluding diaryl/α,β-unsaturated/α-hetero) is 1. The number of nitrogens with zero attached hydrogens (tertiary/aromatic N) is 1. The molecule has 1 saturated heterocycles. The molecule has 6 nitrogen and oxygen atoms in total. The Kier molecular flexibility index (Phi) is 5.50. The molecule has 0 radical (unpaired) electrons. The van der Waals surface area contributed by atoms with E-state index >= 15 is 0 Å². The number of esters is 1. The Morgan fingerprint density at radius 3 is 2.20 bits per heavy atom. The highest BCUT2D eigenvalue weighted by Crippen LogP contribution is 2.35. The normalized spacial score (nSPS) is 25.4. The summed E-state index contributed by atoms with van der Waals surface area (Å²) in [5.41, 5.74) is -1.16. The van der Waals surface area contributed by atoms with E-state index < -0.39 is 11.2 Å². The predicted molar refractivity (Wildman–Crippen MR) is 93.0 cm³/mol. The largest absolute Gasteiger partial charge is 0.459 e. The fraction of sp³-hybridized carbons (Fsp3) is 0.842. The number of ether oxygens (including phenoxy) is 2. The quantitative estimate of drug-likeness (QED) is 0.729. The Hall–Kier alpha value is -1.59. The van der Waals surface area contributed by atoms with Crippen LogP contribution in [-0.4, -0.2) is 47.0 Å². The molecule has 2 rings (SSSR count). The van der Waals surface area contributed by atoms with Gasteiger partial charge in [-0.1, -0.05) is 6.92 Å². The van der Waals surface area contributed by atoms with E-state index in [1.54, 1.807) is 4.90 Å². The van der Waals surface area contributed by atoms with Crippen molar-refractivity contribution >= 4 is 17.8 Å². The number of rotatable bonds is 3. The van der Waals surface area contributed by atoms with E-state index in [1.807, 2.05) is 41.5 Å². The van der Waals surface area contributed by atoms with Gasteiger partial charge >= 0.3 is 12.1 Å². The molecule has 1 saturated carbocycles. The molecular formula is C19H31NO5. The lowest BCUT2D eigenvalue weighted by atomic mass is 9.79. The highest BCUT2D eigenvalue weighted by Gasteiger charge is 2.46. The van der Waals surface area contributed by atoms with E-state index in [9.17, 15) is 14.4 Å². The van der Waals surface area contributed by atoms with Crippen LogP contribution in [0.4, 0.5) is 4.79 Å². The number of carbonyl (C=O) groups is 3. The van der Waals surface area contributed by atoms with Gasteiger partial charge in [0.05, 0.1) is 5.92 Å². The zero-order valence-electron chi connectivity index (χ0n) is 16.3. The molecule has 1 amide bonds. The lowest BCUT2D eigenvalue weighted by molar-refractivity contribution is -0.175. The molecule has 0 spiro atoms. The lowest BCUT2D eigenvalue weighted by Gasteiger charge is -2.47. The second kappa shape index (κ2) is 6.96. The zero-order valence-corrected chi connectivity index (χ0v) is 16.3. The van der Waals surface area contributed by atoms with Crippen LogP contribution >= 0.6 is 0 Å². The summed E-state index contributed by atoms with van der Waals surface area (Å²) < 4.78 is 11.1. The van der Waals surface area contributed by atoms with Crippen LogP contribution < -0.4 is 0 Å². The van der Waals surface area contributed by atoms with E-state index in [0.717, 1.165) is 0 Å². The van der Waals surface area contributed by atoms with Crippen LogP contribution in [0.15, 0.2) is 0 Å². The smallest absolute Gasteiger partial charge is 0.410 e. The predicted octanol–water partition coefficient (Wildman–Crippen LogP) is 3.18. The van der Waals surface area contributed by atoms with Gasteiger partial charge in [0.2, 0.25) is 0 Å². The second-order valence-electron chi connectivity index (χ2n) is 8.97. The second-order valence-corrected chi connectivity index (χ2v) is 8.97. The van der Waals surface area contributed by atoms with Gasteiger partial charge in [-0.15, -0.1) is 0 Å². The van der Waals surface area contributed by atoms with Crippen LogP contribution in [0.25, 0.3) is 0 Å². The van der Waals surface area contributed by atoms with Crippen molar-refractivity contribution in [3.05, 3.63) is 0 Å². The van der Waals surface area contributed by atoms with Gasteiger partial charge in [-0.2, -0.15) is 0 Å². The SMILES string of the molecule is C[C@@H]1CC(=O)CC[C@H]1C(=O)OC(C)(C)C1CN(C(=O)OC(C)(C)C)C1. The van der Waals surface area contributed by atoms with Crippen molar-refractivity contribution in [2.45, 2.75) is 72.0 Å². The van der Waals surface area contributed by atoms with Crippen molar-refractivity contribution in [3.8, 4) is 0 Å². The van der Waals surface area contributed by atoms with E-state index in [4.69, 9.17) is 9.47 Å². The van der Waals surface area contributed by atoms with Gasteiger partial charge in [0, 0.05) is 31.8 Å². The third kappa shape index (κ3) is 4.95. The molecule has 1 aliphatic heterocycles. The summed E-state index contributed by atoms with van der Waals surface area (Å²) in [6.45, 7) is 12.3. The molecular weight excluding hydrogens is 322 g/mol. The van der Waals surface area contributed by atoms with Crippen molar-refractivity contribution < 1.29 is 23.9 Å². The molecule has 2 atom stereocenters. The molecule has 2 fully saturated rings. The number of likely N-dealkylation sites (tertiary alicyclic amines) is 1. The topological polar surface area (TPSA) is 72.9 Å². The molecule has 0 aromatic carbocycles. The number of amides is 1. The summed E-state index contributed by atoms with van der Waals surface area (Å²) in [6.07, 6.45) is 1.16. The molecule has 0 bridgehead atoms. The molecule has 142 valence electrons. The van der Waals surface area contributed by atoms with Crippen LogP contribution in [0, 0.1) is 17.8 Å². The lowest BCUT2D eigenvalue weighted by Crippen LogP contribution is -2.59. The van der Waals surface area contributed by atoms with Crippen molar-refractivity contribution in [1.29, 1.82) is 0 Å². The maximum atomic E-state index is 12.5. The molecule has 0 N–H and O–H groups in total. The van der Waals surface area contributed by atoms with Gasteiger partial charge in [-0.25, -0.2) is 4.79 Å². The molecule has 6 heteroatoms. The minimum absolute atomic E-state index is 0.0317. The van der Waals surface area contributed by atoms with Crippen molar-refractivity contribution in [2.75, 3.05) is 13.1 Å². The Balaban J connectivity index is 1.85. The van der Waals surface area contributed by atoms with Crippen molar-refractivity contribution in [1.82, 2.24) is 4.90 Å². The number of hydrogen-bond acceptors (Lipinski definition) is 5. The third-order valence-electron chi connectivity index (χ3n) is 5.15. The first-order chi connectivity index (χ1) is 11.4. The first-order valence-electron chi connectivity index (χ1n) is 9.11. The maximum Gasteiger partial charge on any atom is 0.410 e. The van der Waals surface area contributed by atoms with Crippen molar-refractivity contribution in [3.63, 3.8) is 0 Å². The molecule has 0 unspecified atom stereocenters. The monoisotopic (exact) mass is 353 g/mol. The Morgan fingerprint density at radius 2 is 1.68 bits per heavy atom. The summed E-state index contributed by atoms with van der Waals surface area (Å²) in [5, 5.41) is 0. The van der Waals surface area contributed by atoms with Gasteiger partial charge < -0.3 is 14.4 Å². The first kappa shape index (κ1) is 19.7. The zero-order chi connectivity index (χ0) is 19.0. The van der Waals surface area contributed by atoms with Gasteiger partial charge in [0.25, 0.3) is 0 Å². The van der Waals surface area contributed by atoms with Crippen LogP contribution in [0.1, 0.15) is 60.8 Å². The van der Waals surface area contributed by atoms with E-state index in [-0.39, 0.29) is 35.6 Å². The summed E-state index contributed by atoms with van der Waals surface area (Å²) in [6, 6.07) is 0. The van der Waals surface area contributed by atoms with Crippen LogP contribution in [0.3, 0.4) is 0 Å². The summed E-state index contributed by atoms with van der Waals surface area (Å²) in [5.74, 6) is -0.0868. The highest BCUT2D eigenvalue weighted by molar-refractivity contribution is 5.83. The number of hydrogen-bond donors (Lipinski definition) is 0. The fourth-order valence-corrected chi connectivity index (χ4v) is 3.37. The first-order valence-corrected chi connectivity index (χ1v) is 9.11. The molecule has 25 heavy (non-hydrogen) atoms. The Labute approximate surface area is 150 Å². The summed E-state index contributed by atoms with van der Waals surface area (Å²) >= 11 is 0. The third-order valence-corrected chi connectivity index (χ3v) is 5.15. The fourth-order valence-electron chi connectivity index (χ4n) is 3.37. The van der Waals surface area contributed by atoms with E-state index in [2.05, 4.69) is 0 Å². The average molecular weight is 353 g/mol. The number of carbonyl (C=O) groups excluding carboxylic acids is 3. The van der Waals surface area contributed by atoms with E-state index in [0.29, 0.717) is 32.4 Å². The van der Waals surface area contributed by atoms with Crippen LogP contribution in [0.5, 0.6) is 0 Å². The van der Waals surface area contributed by atoms with Gasteiger partial charge in [-0.3, -0.25) is 9.59 Å². The summed E-state index contributed by atoms with van der Waals surface area (Å²) in [4.78, 5) is 37.7. The van der Waals surface area contributed by atoms with Crippen LogP contribution in [-0.2, 0) is 19.1 Å². The standard InChI is InChI=1S/C19H31NO5/c1-12-9-14(21)7-8-15(12)16(22)24-19(5,6)13-10-20(11-13)17(23)25-18(2,3)4/h12-13,15H,7-11H2,1-6H3/t12-,15-/m1/s1. The van der Waals surface area contributed by atoms with Gasteiger partial charge in [0.1, 0.15) is 17.0 Å². The van der Waals surface area contributed by atoms with Crippen LogP contribution in [0.2, 0.25) is 0 Å².